The summed E-state index contributed by atoms with van der Waals surface area (Å²) in [6.45, 7) is 12.9. The molecule has 0 spiro atoms. The Bertz CT molecular complexity index is 1110. The van der Waals surface area contributed by atoms with Gasteiger partial charge in [0.2, 0.25) is 0 Å². The van der Waals surface area contributed by atoms with Crippen molar-refractivity contribution in [2.75, 3.05) is 0 Å². The summed E-state index contributed by atoms with van der Waals surface area (Å²) in [7, 11) is 0. The third kappa shape index (κ3) is 7.24. The van der Waals surface area contributed by atoms with Gasteiger partial charge in [0, 0.05) is 11.6 Å². The smallest absolute Gasteiger partial charge is 0.169 e. The van der Waals surface area contributed by atoms with Gasteiger partial charge in [-0.25, -0.2) is 4.39 Å². The molecule has 2 bridgehead atoms. The molecule has 38 heavy (non-hydrogen) atoms. The van der Waals surface area contributed by atoms with E-state index in [9.17, 15) is 14.6 Å². The van der Waals surface area contributed by atoms with E-state index in [0.29, 0.717) is 5.69 Å². The van der Waals surface area contributed by atoms with Gasteiger partial charge in [0.1, 0.15) is 11.6 Å². The van der Waals surface area contributed by atoms with Gasteiger partial charge in [0.25, 0.3) is 0 Å². The highest BCUT2D eigenvalue weighted by Crippen LogP contribution is 2.52. The van der Waals surface area contributed by atoms with Crippen LogP contribution in [-0.4, -0.2) is 10.2 Å². The fraction of sp³-hybridized carbons (Fsp3) is 0.576. The van der Waals surface area contributed by atoms with Crippen molar-refractivity contribution in [3.63, 3.8) is 0 Å². The molecule has 3 unspecified atom stereocenters. The van der Waals surface area contributed by atoms with E-state index in [4.69, 9.17) is 0 Å². The fourth-order valence-corrected chi connectivity index (χ4v) is 6.16. The van der Waals surface area contributed by atoms with Gasteiger partial charge in [0.05, 0.1) is 5.69 Å². The van der Waals surface area contributed by atoms with Crippen molar-refractivity contribution in [1.29, 1.82) is 0 Å². The van der Waals surface area contributed by atoms with E-state index in [1.807, 2.05) is 12.1 Å². The van der Waals surface area contributed by atoms with E-state index in [1.165, 1.54) is 44.2 Å². The van der Waals surface area contributed by atoms with E-state index in [2.05, 4.69) is 44.5 Å². The molecule has 5 heteroatoms. The number of hydrogen-bond donors (Lipinski definition) is 2. The predicted molar refractivity (Wildman–Crippen MR) is 155 cm³/mol. The second-order valence-electron chi connectivity index (χ2n) is 11.9. The minimum Gasteiger partial charge on any atom is -0.505 e. The zero-order valence-corrected chi connectivity index (χ0v) is 23.9. The number of halogens is 1. The van der Waals surface area contributed by atoms with Gasteiger partial charge in [-0.05, 0) is 79.0 Å². The third-order valence-corrected chi connectivity index (χ3v) is 8.85. The van der Waals surface area contributed by atoms with Crippen LogP contribution in [0.2, 0.25) is 0 Å². The molecule has 0 aromatic heterocycles. The first-order valence-corrected chi connectivity index (χ1v) is 14.5. The van der Waals surface area contributed by atoms with Crippen LogP contribution < -0.4 is 0 Å². The number of azo groups is 1. The highest BCUT2D eigenvalue weighted by Gasteiger charge is 2.34. The minimum atomic E-state index is -0.409. The van der Waals surface area contributed by atoms with Crippen molar-refractivity contribution in [1.82, 2.24) is 0 Å². The van der Waals surface area contributed by atoms with Crippen molar-refractivity contribution in [2.45, 2.75) is 116 Å². The SMILES string of the molecule is C=CCC1(C)CCCCCCCCC(C)(CC)c2cc(c(O)c(N=Nc3cccc(F)c3)c2O)C(CC)C1. The molecule has 0 saturated carbocycles. The number of hydrogen-bond acceptors (Lipinski definition) is 4. The Balaban J connectivity index is 2.20. The Labute approximate surface area is 229 Å². The molecule has 0 aliphatic heterocycles. The monoisotopic (exact) mass is 522 g/mol. The molecule has 3 atom stereocenters. The van der Waals surface area contributed by atoms with Crippen LogP contribution in [0.4, 0.5) is 15.8 Å². The lowest BCUT2D eigenvalue weighted by molar-refractivity contribution is 0.238. The van der Waals surface area contributed by atoms with Crippen molar-refractivity contribution >= 4 is 11.4 Å². The number of aromatic hydroxyl groups is 2. The number of allylic oxidation sites excluding steroid dienone is 1. The van der Waals surface area contributed by atoms with Crippen molar-refractivity contribution < 1.29 is 14.6 Å². The van der Waals surface area contributed by atoms with Crippen LogP contribution in [-0.2, 0) is 5.41 Å². The molecule has 1 aliphatic rings. The first-order valence-electron chi connectivity index (χ1n) is 14.5. The van der Waals surface area contributed by atoms with Gasteiger partial charge in [-0.1, -0.05) is 78.4 Å². The quantitative estimate of drug-likeness (QED) is 0.293. The highest BCUT2D eigenvalue weighted by atomic mass is 19.1. The Hall–Kier alpha value is -2.69. The number of rotatable bonds is 6. The summed E-state index contributed by atoms with van der Waals surface area (Å²) in [5.74, 6) is -0.368. The maximum Gasteiger partial charge on any atom is 0.169 e. The number of phenols is 2. The third-order valence-electron chi connectivity index (χ3n) is 8.85. The van der Waals surface area contributed by atoms with Crippen LogP contribution in [0.3, 0.4) is 0 Å². The normalized spacial score (nSPS) is 25.6. The summed E-state index contributed by atoms with van der Waals surface area (Å²) < 4.78 is 13.8. The van der Waals surface area contributed by atoms with Crippen LogP contribution in [0.25, 0.3) is 0 Å². The summed E-state index contributed by atoms with van der Waals surface area (Å²) >= 11 is 0. The van der Waals surface area contributed by atoms with E-state index >= 15 is 0 Å². The number of nitrogens with zero attached hydrogens (tertiary/aromatic N) is 2. The van der Waals surface area contributed by atoms with Gasteiger partial charge in [-0.15, -0.1) is 11.7 Å². The maximum atomic E-state index is 13.8. The Morgan fingerprint density at radius 1 is 0.974 bits per heavy atom. The van der Waals surface area contributed by atoms with Gasteiger partial charge in [0.15, 0.2) is 11.4 Å². The first kappa shape index (κ1) is 29.9. The lowest BCUT2D eigenvalue weighted by Gasteiger charge is -2.35. The lowest BCUT2D eigenvalue weighted by Crippen LogP contribution is -2.23. The summed E-state index contributed by atoms with van der Waals surface area (Å²) in [6.07, 6.45) is 14.9. The molecule has 0 fully saturated rings. The van der Waals surface area contributed by atoms with Crippen molar-refractivity contribution in [3.8, 4) is 11.5 Å². The standard InChI is InChI=1S/C33H47FN2O2/c1-6-18-32(4)19-13-11-9-10-12-14-20-33(5,8-3)28-22-27(24(7-2)23-32)30(37)29(31(28)38)36-35-26-17-15-16-25(34)21-26/h6,15-17,21-22,24,37-38H,1,7-14,18-20,23H2,2-5H3. The van der Waals surface area contributed by atoms with Crippen LogP contribution in [0, 0.1) is 11.2 Å². The van der Waals surface area contributed by atoms with E-state index in [0.717, 1.165) is 56.1 Å². The van der Waals surface area contributed by atoms with Gasteiger partial charge in [-0.3, -0.25) is 0 Å². The second-order valence-corrected chi connectivity index (χ2v) is 11.9. The summed E-state index contributed by atoms with van der Waals surface area (Å²) in [6, 6.07) is 7.90. The molecular formula is C33H47FN2O2. The van der Waals surface area contributed by atoms with Crippen LogP contribution >= 0.6 is 0 Å². The molecule has 208 valence electrons. The van der Waals surface area contributed by atoms with E-state index in [-0.39, 0.29) is 33.9 Å². The first-order chi connectivity index (χ1) is 18.2. The number of phenolic OH excluding ortho intramolecular Hbond substituents is 2. The molecule has 0 heterocycles. The molecule has 0 radical (unpaired) electrons. The fourth-order valence-electron chi connectivity index (χ4n) is 6.16. The highest BCUT2D eigenvalue weighted by molar-refractivity contribution is 5.69. The molecule has 2 N–H and O–H groups in total. The second kappa shape index (κ2) is 13.4. The summed E-state index contributed by atoms with van der Waals surface area (Å²) in [5.41, 5.74) is 1.86. The molecule has 2 aromatic carbocycles. The molecule has 3 rings (SSSR count). The van der Waals surface area contributed by atoms with E-state index < -0.39 is 5.82 Å². The zero-order valence-electron chi connectivity index (χ0n) is 23.9. The maximum absolute atomic E-state index is 13.8. The predicted octanol–water partition coefficient (Wildman–Crippen LogP) is 10.9. The van der Waals surface area contributed by atoms with Gasteiger partial charge >= 0.3 is 0 Å². The van der Waals surface area contributed by atoms with Crippen LogP contribution in [0.1, 0.15) is 122 Å². The van der Waals surface area contributed by atoms with Gasteiger partial charge in [-0.2, -0.15) is 5.11 Å². The average molecular weight is 523 g/mol. The molecule has 1 aliphatic carbocycles. The average Bonchev–Trinajstić information content (AvgIpc) is 2.89. The molecule has 0 saturated heterocycles. The molecular weight excluding hydrogens is 475 g/mol. The largest absolute Gasteiger partial charge is 0.505 e. The molecule has 4 nitrogen and oxygen atoms in total. The molecule has 2 aromatic rings. The van der Waals surface area contributed by atoms with Crippen LogP contribution in [0.15, 0.2) is 53.2 Å². The van der Waals surface area contributed by atoms with Gasteiger partial charge < -0.3 is 10.2 Å². The zero-order chi connectivity index (χ0) is 27.8. The number of fused-ring (bicyclic) bond motifs is 2. The Morgan fingerprint density at radius 3 is 2.29 bits per heavy atom. The van der Waals surface area contributed by atoms with E-state index in [1.54, 1.807) is 12.1 Å². The van der Waals surface area contributed by atoms with Crippen LogP contribution in [0.5, 0.6) is 11.5 Å². The topological polar surface area (TPSA) is 65.2 Å². The Morgan fingerprint density at radius 2 is 1.66 bits per heavy atom. The summed E-state index contributed by atoms with van der Waals surface area (Å²) in [4.78, 5) is 0. The molecule has 0 amide bonds. The van der Waals surface area contributed by atoms with Crippen molar-refractivity contribution in [3.05, 3.63) is 59.9 Å². The van der Waals surface area contributed by atoms with Crippen molar-refractivity contribution in [2.24, 2.45) is 15.6 Å². The lowest BCUT2D eigenvalue weighted by atomic mass is 9.70. The summed E-state index contributed by atoms with van der Waals surface area (Å²) in [5, 5.41) is 31.6. The minimum absolute atomic E-state index is 0.0243. The Kier molecular flexibility index (Phi) is 10.5. The number of benzene rings is 2.